The Morgan fingerprint density at radius 2 is 1.80 bits per heavy atom. The van der Waals surface area contributed by atoms with Crippen molar-refractivity contribution in [3.05, 3.63) is 46.7 Å². The van der Waals surface area contributed by atoms with Gasteiger partial charge in [-0.3, -0.25) is 9.59 Å². The zero-order chi connectivity index (χ0) is 18.4. The zero-order valence-electron chi connectivity index (χ0n) is 13.2. The standard InChI is InChI=1S/C16H16F3N3O2S/c1-10(21-15(24)13-7-4-8-25-13)14(23)22-12-6-3-2-5-11(12)20-9-16(17,18)19/h2-8,10,20H,9H2,1H3,(H,21,24)(H,22,23)/t10-/m1/s1. The van der Waals surface area contributed by atoms with E-state index in [-0.39, 0.29) is 17.3 Å². The fourth-order valence-corrected chi connectivity index (χ4v) is 2.55. The summed E-state index contributed by atoms with van der Waals surface area (Å²) in [5.41, 5.74) is 0.346. The normalized spacial score (nSPS) is 12.3. The number of carbonyl (C=O) groups is 2. The lowest BCUT2D eigenvalue weighted by Gasteiger charge is -2.17. The van der Waals surface area contributed by atoms with E-state index in [1.165, 1.54) is 30.4 Å². The highest BCUT2D eigenvalue weighted by Crippen LogP contribution is 2.23. The van der Waals surface area contributed by atoms with Gasteiger partial charge in [0.25, 0.3) is 5.91 Å². The number of halogens is 3. The summed E-state index contributed by atoms with van der Waals surface area (Å²) in [6.07, 6.45) is -4.38. The fraction of sp³-hybridized carbons (Fsp3) is 0.250. The Balaban J connectivity index is 1.98. The van der Waals surface area contributed by atoms with E-state index in [2.05, 4.69) is 16.0 Å². The van der Waals surface area contributed by atoms with Gasteiger partial charge in [0.15, 0.2) is 0 Å². The van der Waals surface area contributed by atoms with Crippen LogP contribution in [0.15, 0.2) is 41.8 Å². The van der Waals surface area contributed by atoms with Crippen molar-refractivity contribution in [2.24, 2.45) is 0 Å². The monoisotopic (exact) mass is 371 g/mol. The molecule has 0 aliphatic rings. The van der Waals surface area contributed by atoms with E-state index in [0.717, 1.165) is 0 Å². The summed E-state index contributed by atoms with van der Waals surface area (Å²) >= 11 is 1.24. The lowest BCUT2D eigenvalue weighted by molar-refractivity contribution is -0.117. The number of carbonyl (C=O) groups excluding carboxylic acids is 2. The maximum Gasteiger partial charge on any atom is 0.405 e. The van der Waals surface area contributed by atoms with Crippen molar-refractivity contribution in [1.29, 1.82) is 0 Å². The van der Waals surface area contributed by atoms with E-state index in [4.69, 9.17) is 0 Å². The molecular formula is C16H16F3N3O2S. The van der Waals surface area contributed by atoms with E-state index < -0.39 is 24.7 Å². The highest BCUT2D eigenvalue weighted by molar-refractivity contribution is 7.12. The summed E-state index contributed by atoms with van der Waals surface area (Å²) < 4.78 is 37.0. The van der Waals surface area contributed by atoms with Crippen molar-refractivity contribution in [1.82, 2.24) is 5.32 Å². The van der Waals surface area contributed by atoms with Crippen molar-refractivity contribution in [2.45, 2.75) is 19.1 Å². The van der Waals surface area contributed by atoms with Gasteiger partial charge in [-0.15, -0.1) is 11.3 Å². The summed E-state index contributed by atoms with van der Waals surface area (Å²) in [5.74, 6) is -0.924. The smallest absolute Gasteiger partial charge is 0.375 e. The van der Waals surface area contributed by atoms with Crippen LogP contribution in [0, 0.1) is 0 Å². The Hall–Kier alpha value is -2.55. The summed E-state index contributed by atoms with van der Waals surface area (Å²) in [6.45, 7) is 0.275. The molecule has 0 radical (unpaired) electrons. The maximum atomic E-state index is 12.3. The van der Waals surface area contributed by atoms with Crippen LogP contribution in [0.25, 0.3) is 0 Å². The predicted octanol–water partition coefficient (Wildman–Crippen LogP) is 3.48. The zero-order valence-corrected chi connectivity index (χ0v) is 14.0. The number of anilines is 2. The molecule has 1 heterocycles. The van der Waals surface area contributed by atoms with Crippen LogP contribution < -0.4 is 16.0 Å². The third kappa shape index (κ3) is 5.79. The average molecular weight is 371 g/mol. The molecule has 0 bridgehead atoms. The molecule has 134 valence electrons. The highest BCUT2D eigenvalue weighted by Gasteiger charge is 2.27. The number of rotatable bonds is 6. The van der Waals surface area contributed by atoms with E-state index >= 15 is 0 Å². The first-order valence-corrected chi connectivity index (χ1v) is 8.19. The molecule has 0 aliphatic carbocycles. The summed E-state index contributed by atoms with van der Waals surface area (Å²) in [7, 11) is 0. The molecule has 0 saturated heterocycles. The number of alkyl halides is 3. The highest BCUT2D eigenvalue weighted by atomic mass is 32.1. The Bertz CT molecular complexity index is 732. The minimum absolute atomic E-state index is 0.143. The van der Waals surface area contributed by atoms with Gasteiger partial charge in [-0.2, -0.15) is 13.2 Å². The second-order valence-electron chi connectivity index (χ2n) is 5.18. The first kappa shape index (κ1) is 18.8. The molecule has 1 aromatic carbocycles. The maximum absolute atomic E-state index is 12.3. The van der Waals surface area contributed by atoms with Crippen LogP contribution in [0.5, 0.6) is 0 Å². The summed E-state index contributed by atoms with van der Waals surface area (Å²) in [4.78, 5) is 24.6. The van der Waals surface area contributed by atoms with Gasteiger partial charge >= 0.3 is 6.18 Å². The summed E-state index contributed by atoms with van der Waals surface area (Å²) in [6, 6.07) is 8.53. The third-order valence-electron chi connectivity index (χ3n) is 3.15. The van der Waals surface area contributed by atoms with Crippen molar-refractivity contribution in [2.75, 3.05) is 17.2 Å². The van der Waals surface area contributed by atoms with Crippen molar-refractivity contribution < 1.29 is 22.8 Å². The lowest BCUT2D eigenvalue weighted by Crippen LogP contribution is -2.41. The van der Waals surface area contributed by atoms with Gasteiger partial charge in [0.1, 0.15) is 12.6 Å². The van der Waals surface area contributed by atoms with Gasteiger partial charge in [-0.05, 0) is 30.5 Å². The molecular weight excluding hydrogens is 355 g/mol. The molecule has 2 aromatic rings. The molecule has 5 nitrogen and oxygen atoms in total. The average Bonchev–Trinajstić information content (AvgIpc) is 3.07. The Morgan fingerprint density at radius 3 is 2.40 bits per heavy atom. The van der Waals surface area contributed by atoms with Crippen molar-refractivity contribution in [3.63, 3.8) is 0 Å². The van der Waals surface area contributed by atoms with Crippen LogP contribution >= 0.6 is 11.3 Å². The van der Waals surface area contributed by atoms with Crippen molar-refractivity contribution in [3.8, 4) is 0 Å². The van der Waals surface area contributed by atoms with Gasteiger partial charge in [0.05, 0.1) is 16.3 Å². The SMILES string of the molecule is C[C@@H](NC(=O)c1cccs1)C(=O)Nc1ccccc1NCC(F)(F)F. The minimum atomic E-state index is -4.38. The van der Waals surface area contributed by atoms with Crippen LogP contribution in [0.3, 0.4) is 0 Å². The first-order chi connectivity index (χ1) is 11.8. The van der Waals surface area contributed by atoms with Gasteiger partial charge in [0.2, 0.25) is 5.91 Å². The summed E-state index contributed by atoms with van der Waals surface area (Å²) in [5, 5.41) is 9.03. The molecule has 2 amide bonds. The molecule has 1 atom stereocenters. The van der Waals surface area contributed by atoms with Crippen LogP contribution in [-0.4, -0.2) is 30.6 Å². The van der Waals surface area contributed by atoms with E-state index in [1.807, 2.05) is 0 Å². The molecule has 3 N–H and O–H groups in total. The third-order valence-corrected chi connectivity index (χ3v) is 4.02. The molecule has 25 heavy (non-hydrogen) atoms. The van der Waals surface area contributed by atoms with Crippen LogP contribution in [0.4, 0.5) is 24.5 Å². The van der Waals surface area contributed by atoms with E-state index in [1.54, 1.807) is 29.6 Å². The number of hydrogen-bond donors (Lipinski definition) is 3. The molecule has 0 spiro atoms. The number of para-hydroxylation sites is 2. The fourth-order valence-electron chi connectivity index (χ4n) is 1.92. The number of benzene rings is 1. The first-order valence-electron chi connectivity index (χ1n) is 7.31. The Labute approximate surface area is 146 Å². The molecule has 0 aliphatic heterocycles. The molecule has 2 rings (SSSR count). The quantitative estimate of drug-likeness (QED) is 0.728. The topological polar surface area (TPSA) is 70.2 Å². The van der Waals surface area contributed by atoms with Crippen molar-refractivity contribution >= 4 is 34.5 Å². The molecule has 9 heteroatoms. The molecule has 0 unspecified atom stereocenters. The van der Waals surface area contributed by atoms with Crippen LogP contribution in [-0.2, 0) is 4.79 Å². The largest absolute Gasteiger partial charge is 0.405 e. The second-order valence-corrected chi connectivity index (χ2v) is 6.12. The molecule has 1 aromatic heterocycles. The van der Waals surface area contributed by atoms with E-state index in [0.29, 0.717) is 4.88 Å². The van der Waals surface area contributed by atoms with Gasteiger partial charge in [-0.1, -0.05) is 18.2 Å². The molecule has 0 fully saturated rings. The van der Waals surface area contributed by atoms with Gasteiger partial charge < -0.3 is 16.0 Å². The number of thiophene rings is 1. The minimum Gasteiger partial charge on any atom is -0.375 e. The van der Waals surface area contributed by atoms with Crippen LogP contribution in [0.1, 0.15) is 16.6 Å². The number of amides is 2. The second kappa shape index (κ2) is 8.02. The Kier molecular flexibility index (Phi) is 6.02. The number of nitrogens with one attached hydrogen (secondary N) is 3. The van der Waals surface area contributed by atoms with Gasteiger partial charge in [0, 0.05) is 0 Å². The predicted molar refractivity (Wildman–Crippen MR) is 90.9 cm³/mol. The Morgan fingerprint density at radius 1 is 1.12 bits per heavy atom. The van der Waals surface area contributed by atoms with Gasteiger partial charge in [-0.25, -0.2) is 0 Å². The lowest BCUT2D eigenvalue weighted by atomic mass is 10.2. The number of hydrogen-bond acceptors (Lipinski definition) is 4. The van der Waals surface area contributed by atoms with E-state index in [9.17, 15) is 22.8 Å². The van der Waals surface area contributed by atoms with Crippen LogP contribution in [0.2, 0.25) is 0 Å². The molecule has 0 saturated carbocycles.